The monoisotopic (exact) mass is 298 g/mol. The topological polar surface area (TPSA) is 52.6 Å². The second kappa shape index (κ2) is 7.81. The Morgan fingerprint density at radius 2 is 1.43 bits per heavy atom. The van der Waals surface area contributed by atoms with E-state index < -0.39 is 0 Å². The van der Waals surface area contributed by atoms with E-state index in [1.807, 2.05) is 34.6 Å². The van der Waals surface area contributed by atoms with Crippen LogP contribution in [0, 0.1) is 35.5 Å². The summed E-state index contributed by atoms with van der Waals surface area (Å²) in [7, 11) is 0. The molecule has 0 heterocycles. The van der Waals surface area contributed by atoms with E-state index in [-0.39, 0.29) is 29.7 Å². The van der Waals surface area contributed by atoms with Crippen molar-refractivity contribution >= 4 is 11.9 Å². The molecule has 1 aliphatic carbocycles. The van der Waals surface area contributed by atoms with E-state index in [1.54, 1.807) is 0 Å². The molecular weight excluding hydrogens is 268 g/mol. The van der Waals surface area contributed by atoms with Crippen LogP contribution in [0.3, 0.4) is 0 Å². The van der Waals surface area contributed by atoms with Crippen molar-refractivity contribution in [3.8, 4) is 0 Å². The molecule has 0 radical (unpaired) electrons. The summed E-state index contributed by atoms with van der Waals surface area (Å²) in [5, 5.41) is 0. The van der Waals surface area contributed by atoms with Crippen molar-refractivity contribution in [3.05, 3.63) is 0 Å². The molecule has 4 heteroatoms. The predicted molar refractivity (Wildman–Crippen MR) is 81.5 cm³/mol. The van der Waals surface area contributed by atoms with Crippen LogP contribution in [-0.4, -0.2) is 25.2 Å². The molecule has 4 nitrogen and oxygen atoms in total. The lowest BCUT2D eigenvalue weighted by molar-refractivity contribution is -0.161. The lowest BCUT2D eigenvalue weighted by atomic mass is 9.89. The number of carbonyl (C=O) groups is 2. The quantitative estimate of drug-likeness (QED) is 0.706. The second-order valence-electron chi connectivity index (χ2n) is 7.25. The molecule has 4 unspecified atom stereocenters. The highest BCUT2D eigenvalue weighted by atomic mass is 16.5. The van der Waals surface area contributed by atoms with Crippen LogP contribution in [0.25, 0.3) is 0 Å². The second-order valence-corrected chi connectivity index (χ2v) is 7.25. The molecule has 1 fully saturated rings. The van der Waals surface area contributed by atoms with E-state index >= 15 is 0 Å². The Morgan fingerprint density at radius 1 is 0.952 bits per heavy atom. The van der Waals surface area contributed by atoms with E-state index in [4.69, 9.17) is 9.47 Å². The van der Waals surface area contributed by atoms with Gasteiger partial charge in [-0.2, -0.15) is 0 Å². The fourth-order valence-electron chi connectivity index (χ4n) is 2.80. The summed E-state index contributed by atoms with van der Waals surface area (Å²) in [4.78, 5) is 24.6. The summed E-state index contributed by atoms with van der Waals surface area (Å²) >= 11 is 0. The van der Waals surface area contributed by atoms with Gasteiger partial charge in [-0.05, 0) is 30.1 Å². The first-order valence-corrected chi connectivity index (χ1v) is 8.07. The van der Waals surface area contributed by atoms with Crippen LogP contribution in [0.15, 0.2) is 0 Å². The van der Waals surface area contributed by atoms with Crippen LogP contribution in [-0.2, 0) is 19.1 Å². The van der Waals surface area contributed by atoms with Gasteiger partial charge >= 0.3 is 11.9 Å². The van der Waals surface area contributed by atoms with Gasteiger partial charge in [-0.3, -0.25) is 9.59 Å². The third-order valence-electron chi connectivity index (χ3n) is 4.22. The van der Waals surface area contributed by atoms with E-state index in [0.717, 1.165) is 0 Å². The minimum atomic E-state index is -0.363. The summed E-state index contributed by atoms with van der Waals surface area (Å²) in [5.41, 5.74) is 0. The lowest BCUT2D eigenvalue weighted by Gasteiger charge is -2.21. The standard InChI is InChI=1S/C17H30O4/c1-10(2)8-20-16(18)14-7-12(5)13(6)15(14)17(19)21-9-11(3)4/h10-15H,7-9H2,1-6H3. The molecule has 0 bridgehead atoms. The van der Waals surface area contributed by atoms with Crippen LogP contribution in [0.2, 0.25) is 0 Å². The maximum Gasteiger partial charge on any atom is 0.310 e. The summed E-state index contributed by atoms with van der Waals surface area (Å²) < 4.78 is 10.7. The smallest absolute Gasteiger partial charge is 0.310 e. The maximum atomic E-state index is 12.3. The van der Waals surface area contributed by atoms with Crippen LogP contribution in [0.4, 0.5) is 0 Å². The Kier molecular flexibility index (Phi) is 6.69. The van der Waals surface area contributed by atoms with Crippen molar-refractivity contribution in [2.45, 2.75) is 48.0 Å². The van der Waals surface area contributed by atoms with E-state index in [0.29, 0.717) is 37.4 Å². The summed E-state index contributed by atoms with van der Waals surface area (Å²) in [6.45, 7) is 12.9. The van der Waals surface area contributed by atoms with Crippen LogP contribution in [0.5, 0.6) is 0 Å². The number of rotatable bonds is 6. The van der Waals surface area contributed by atoms with Crippen molar-refractivity contribution in [2.24, 2.45) is 35.5 Å². The van der Waals surface area contributed by atoms with Crippen LogP contribution >= 0.6 is 0 Å². The first kappa shape index (κ1) is 18.0. The Hall–Kier alpha value is -1.06. The predicted octanol–water partition coefficient (Wildman–Crippen LogP) is 3.29. The van der Waals surface area contributed by atoms with Crippen molar-refractivity contribution in [1.82, 2.24) is 0 Å². The van der Waals surface area contributed by atoms with E-state index in [2.05, 4.69) is 6.92 Å². The molecule has 0 saturated heterocycles. The number of carbonyl (C=O) groups excluding carboxylic acids is 2. The highest BCUT2D eigenvalue weighted by molar-refractivity contribution is 5.83. The normalized spacial score (nSPS) is 29.0. The van der Waals surface area contributed by atoms with Gasteiger partial charge in [0.1, 0.15) is 0 Å². The van der Waals surface area contributed by atoms with Gasteiger partial charge in [0.2, 0.25) is 0 Å². The minimum absolute atomic E-state index is 0.154. The summed E-state index contributed by atoms with van der Waals surface area (Å²) in [6.07, 6.45) is 0.708. The van der Waals surface area contributed by atoms with E-state index in [9.17, 15) is 9.59 Å². The summed E-state index contributed by atoms with van der Waals surface area (Å²) in [5.74, 6) is -0.115. The van der Waals surface area contributed by atoms with Crippen LogP contribution in [0.1, 0.15) is 48.0 Å². The molecule has 0 aliphatic heterocycles. The highest BCUT2D eigenvalue weighted by Crippen LogP contribution is 2.42. The Morgan fingerprint density at radius 3 is 1.90 bits per heavy atom. The number of esters is 2. The first-order valence-electron chi connectivity index (χ1n) is 8.07. The maximum absolute atomic E-state index is 12.3. The molecular formula is C17H30O4. The van der Waals surface area contributed by atoms with Crippen molar-refractivity contribution in [1.29, 1.82) is 0 Å². The van der Waals surface area contributed by atoms with Gasteiger partial charge in [0.25, 0.3) is 0 Å². The molecule has 1 rings (SSSR count). The van der Waals surface area contributed by atoms with Gasteiger partial charge in [-0.25, -0.2) is 0 Å². The third-order valence-corrected chi connectivity index (χ3v) is 4.22. The van der Waals surface area contributed by atoms with Gasteiger partial charge in [0.15, 0.2) is 0 Å². The zero-order valence-corrected chi connectivity index (χ0v) is 14.2. The van der Waals surface area contributed by atoms with Gasteiger partial charge in [-0.15, -0.1) is 0 Å². The van der Waals surface area contributed by atoms with Crippen molar-refractivity contribution < 1.29 is 19.1 Å². The van der Waals surface area contributed by atoms with E-state index in [1.165, 1.54) is 0 Å². The number of hydrogen-bond acceptors (Lipinski definition) is 4. The third kappa shape index (κ3) is 5.01. The zero-order valence-electron chi connectivity index (χ0n) is 14.2. The van der Waals surface area contributed by atoms with Gasteiger partial charge in [-0.1, -0.05) is 41.5 Å². The Bertz CT molecular complexity index is 362. The molecule has 0 spiro atoms. The molecule has 1 aliphatic rings. The van der Waals surface area contributed by atoms with Gasteiger partial charge in [0.05, 0.1) is 25.0 Å². The first-order chi connectivity index (χ1) is 9.73. The Balaban J connectivity index is 2.71. The molecule has 0 amide bonds. The SMILES string of the molecule is CC(C)COC(=O)C1CC(C)C(C)C1C(=O)OCC(C)C. The largest absolute Gasteiger partial charge is 0.465 e. The average molecular weight is 298 g/mol. The molecule has 122 valence electrons. The average Bonchev–Trinajstić information content (AvgIpc) is 2.69. The van der Waals surface area contributed by atoms with Gasteiger partial charge in [0, 0.05) is 0 Å². The zero-order chi connectivity index (χ0) is 16.2. The molecule has 0 N–H and O–H groups in total. The molecule has 4 atom stereocenters. The molecule has 0 aromatic heterocycles. The molecule has 0 aromatic rings. The number of ether oxygens (including phenoxy) is 2. The van der Waals surface area contributed by atoms with Crippen molar-refractivity contribution in [3.63, 3.8) is 0 Å². The van der Waals surface area contributed by atoms with Crippen molar-refractivity contribution in [2.75, 3.05) is 13.2 Å². The molecule has 0 aromatic carbocycles. The highest BCUT2D eigenvalue weighted by Gasteiger charge is 2.48. The Labute approximate surface area is 128 Å². The fourth-order valence-corrected chi connectivity index (χ4v) is 2.80. The fraction of sp³-hybridized carbons (Fsp3) is 0.882. The molecule has 1 saturated carbocycles. The minimum Gasteiger partial charge on any atom is -0.465 e. The van der Waals surface area contributed by atoms with Crippen LogP contribution < -0.4 is 0 Å². The molecule has 21 heavy (non-hydrogen) atoms. The lowest BCUT2D eigenvalue weighted by Crippen LogP contribution is -2.32. The van der Waals surface area contributed by atoms with Gasteiger partial charge < -0.3 is 9.47 Å². The summed E-state index contributed by atoms with van der Waals surface area (Å²) in [6, 6.07) is 0. The number of hydrogen-bond donors (Lipinski definition) is 0.